The number of aryl methyl sites for hydroxylation is 1. The van der Waals surface area contributed by atoms with E-state index < -0.39 is 0 Å². The summed E-state index contributed by atoms with van der Waals surface area (Å²) in [6, 6.07) is 0. The van der Waals surface area contributed by atoms with Crippen LogP contribution in [-0.2, 0) is 17.9 Å². The number of hydrogen-bond donors (Lipinski definition) is 2. The fraction of sp³-hybridized carbons (Fsp3) is 0.571. The summed E-state index contributed by atoms with van der Waals surface area (Å²) in [5, 5.41) is 6.91. The van der Waals surface area contributed by atoms with Crippen LogP contribution in [0.1, 0.15) is 17.0 Å². The molecule has 4 heteroatoms. The largest absolute Gasteiger partial charge is 0.378 e. The summed E-state index contributed by atoms with van der Waals surface area (Å²) < 4.78 is 4.95. The van der Waals surface area contributed by atoms with Crippen molar-refractivity contribution < 1.29 is 4.74 Å². The molecule has 0 bridgehead atoms. The lowest BCUT2D eigenvalue weighted by molar-refractivity contribution is 0.180. The highest BCUT2D eigenvalue weighted by atomic mass is 16.5. The van der Waals surface area contributed by atoms with E-state index in [9.17, 15) is 0 Å². The third kappa shape index (κ3) is 1.58. The minimum absolute atomic E-state index is 0.515. The van der Waals surface area contributed by atoms with Gasteiger partial charge in [0.1, 0.15) is 0 Å². The van der Waals surface area contributed by atoms with E-state index >= 15 is 0 Å². The Kier molecular flexibility index (Phi) is 2.62. The molecular formula is C7H13N3O. The van der Waals surface area contributed by atoms with E-state index in [4.69, 9.17) is 10.5 Å². The maximum absolute atomic E-state index is 5.51. The zero-order valence-corrected chi connectivity index (χ0v) is 6.85. The molecule has 1 rings (SSSR count). The van der Waals surface area contributed by atoms with Crippen molar-refractivity contribution in [3.05, 3.63) is 17.0 Å². The number of nitrogens with one attached hydrogen (secondary N) is 1. The number of nitrogens with two attached hydrogens (primary N) is 1. The molecule has 0 aromatic carbocycles. The average molecular weight is 155 g/mol. The SMILES string of the molecule is COCc1n[nH]c(C)c1CN. The van der Waals surface area contributed by atoms with Gasteiger partial charge in [0.25, 0.3) is 0 Å². The second kappa shape index (κ2) is 3.50. The second-order valence-electron chi connectivity index (χ2n) is 2.41. The van der Waals surface area contributed by atoms with Crippen LogP contribution in [0.25, 0.3) is 0 Å². The molecule has 1 heterocycles. The summed E-state index contributed by atoms with van der Waals surface area (Å²) in [6.07, 6.45) is 0. The van der Waals surface area contributed by atoms with Crippen molar-refractivity contribution >= 4 is 0 Å². The minimum atomic E-state index is 0.515. The molecule has 0 saturated heterocycles. The van der Waals surface area contributed by atoms with Crippen LogP contribution in [0.3, 0.4) is 0 Å². The van der Waals surface area contributed by atoms with Crippen LogP contribution >= 0.6 is 0 Å². The fourth-order valence-corrected chi connectivity index (χ4v) is 1.03. The lowest BCUT2D eigenvalue weighted by Gasteiger charge is -1.97. The van der Waals surface area contributed by atoms with Crippen LogP contribution in [0.2, 0.25) is 0 Å². The first-order valence-corrected chi connectivity index (χ1v) is 3.51. The Hall–Kier alpha value is -0.870. The highest BCUT2D eigenvalue weighted by molar-refractivity contribution is 5.23. The van der Waals surface area contributed by atoms with Crippen LogP contribution in [0, 0.1) is 6.92 Å². The summed E-state index contributed by atoms with van der Waals surface area (Å²) in [5.74, 6) is 0. The van der Waals surface area contributed by atoms with E-state index in [1.54, 1.807) is 7.11 Å². The predicted octanol–water partition coefficient (Wildman–Crippen LogP) is 0.323. The first-order valence-electron chi connectivity index (χ1n) is 3.51. The van der Waals surface area contributed by atoms with Crippen molar-refractivity contribution in [3.8, 4) is 0 Å². The molecule has 0 unspecified atom stereocenters. The monoisotopic (exact) mass is 155 g/mol. The molecule has 4 nitrogen and oxygen atoms in total. The topological polar surface area (TPSA) is 63.9 Å². The highest BCUT2D eigenvalue weighted by Crippen LogP contribution is 2.09. The fourth-order valence-electron chi connectivity index (χ4n) is 1.03. The summed E-state index contributed by atoms with van der Waals surface area (Å²) in [6.45, 7) is 2.99. The van der Waals surface area contributed by atoms with E-state index in [0.717, 1.165) is 17.0 Å². The molecule has 1 aromatic heterocycles. The van der Waals surface area contributed by atoms with Crippen molar-refractivity contribution in [1.29, 1.82) is 0 Å². The molecule has 0 amide bonds. The summed E-state index contributed by atoms with van der Waals surface area (Å²) >= 11 is 0. The van der Waals surface area contributed by atoms with Gasteiger partial charge >= 0.3 is 0 Å². The van der Waals surface area contributed by atoms with Crippen LogP contribution in [0.5, 0.6) is 0 Å². The van der Waals surface area contributed by atoms with Gasteiger partial charge in [0.15, 0.2) is 0 Å². The van der Waals surface area contributed by atoms with Gasteiger partial charge in [0.05, 0.1) is 12.3 Å². The normalized spacial score (nSPS) is 10.5. The molecule has 62 valence electrons. The number of rotatable bonds is 3. The van der Waals surface area contributed by atoms with Gasteiger partial charge in [-0.15, -0.1) is 0 Å². The van der Waals surface area contributed by atoms with Crippen LogP contribution in [0.4, 0.5) is 0 Å². The molecule has 0 fully saturated rings. The van der Waals surface area contributed by atoms with E-state index in [0.29, 0.717) is 13.2 Å². The second-order valence-corrected chi connectivity index (χ2v) is 2.41. The Labute approximate surface area is 65.7 Å². The molecule has 0 atom stereocenters. The van der Waals surface area contributed by atoms with Crippen molar-refractivity contribution in [3.63, 3.8) is 0 Å². The Morgan fingerprint density at radius 2 is 2.36 bits per heavy atom. The molecular weight excluding hydrogens is 142 g/mol. The highest BCUT2D eigenvalue weighted by Gasteiger charge is 2.06. The predicted molar refractivity (Wildman–Crippen MR) is 41.9 cm³/mol. The number of ether oxygens (including phenoxy) is 1. The van der Waals surface area contributed by atoms with Gasteiger partial charge < -0.3 is 10.5 Å². The van der Waals surface area contributed by atoms with Crippen molar-refractivity contribution in [2.24, 2.45) is 5.73 Å². The van der Waals surface area contributed by atoms with Gasteiger partial charge in [-0.3, -0.25) is 5.10 Å². The van der Waals surface area contributed by atoms with Gasteiger partial charge in [-0.2, -0.15) is 5.10 Å². The molecule has 1 aromatic rings. The van der Waals surface area contributed by atoms with Crippen LogP contribution in [-0.4, -0.2) is 17.3 Å². The number of aromatic nitrogens is 2. The zero-order chi connectivity index (χ0) is 8.27. The molecule has 0 aliphatic rings. The lowest BCUT2D eigenvalue weighted by atomic mass is 10.2. The Bertz CT molecular complexity index is 232. The molecule has 0 spiro atoms. The quantitative estimate of drug-likeness (QED) is 0.660. The van der Waals surface area contributed by atoms with Crippen molar-refractivity contribution in [1.82, 2.24) is 10.2 Å². The standard InChI is InChI=1S/C7H13N3O/c1-5-6(3-8)7(4-11-2)10-9-5/h3-4,8H2,1-2H3,(H,9,10). The smallest absolute Gasteiger partial charge is 0.0926 e. The zero-order valence-electron chi connectivity index (χ0n) is 6.85. The number of H-pyrrole nitrogens is 1. The molecule has 0 aliphatic carbocycles. The molecule has 0 radical (unpaired) electrons. The van der Waals surface area contributed by atoms with Crippen LogP contribution < -0.4 is 5.73 Å². The van der Waals surface area contributed by atoms with Gasteiger partial charge in [0.2, 0.25) is 0 Å². The third-order valence-electron chi connectivity index (χ3n) is 1.64. The maximum Gasteiger partial charge on any atom is 0.0926 e. The van der Waals surface area contributed by atoms with Crippen LogP contribution in [0.15, 0.2) is 0 Å². The molecule has 0 aliphatic heterocycles. The first-order chi connectivity index (χ1) is 5.29. The van der Waals surface area contributed by atoms with Gasteiger partial charge in [-0.1, -0.05) is 0 Å². The molecule has 11 heavy (non-hydrogen) atoms. The molecule has 0 saturated carbocycles. The van der Waals surface area contributed by atoms with E-state index in [1.807, 2.05) is 6.92 Å². The molecule has 3 N–H and O–H groups in total. The van der Waals surface area contributed by atoms with Gasteiger partial charge in [0, 0.05) is 24.9 Å². The Morgan fingerprint density at radius 3 is 2.91 bits per heavy atom. The maximum atomic E-state index is 5.51. The number of methoxy groups -OCH3 is 1. The third-order valence-corrected chi connectivity index (χ3v) is 1.64. The summed E-state index contributed by atoms with van der Waals surface area (Å²) in [4.78, 5) is 0. The minimum Gasteiger partial charge on any atom is -0.378 e. The van der Waals surface area contributed by atoms with Crippen molar-refractivity contribution in [2.75, 3.05) is 7.11 Å². The van der Waals surface area contributed by atoms with Crippen molar-refractivity contribution in [2.45, 2.75) is 20.1 Å². The van der Waals surface area contributed by atoms with Gasteiger partial charge in [-0.05, 0) is 6.92 Å². The van der Waals surface area contributed by atoms with E-state index in [1.165, 1.54) is 0 Å². The Balaban J connectivity index is 2.86. The first kappa shape index (κ1) is 8.23. The lowest BCUT2D eigenvalue weighted by Crippen LogP contribution is -2.01. The number of nitrogens with zero attached hydrogens (tertiary/aromatic N) is 1. The van der Waals surface area contributed by atoms with Gasteiger partial charge in [-0.25, -0.2) is 0 Å². The average Bonchev–Trinajstić information content (AvgIpc) is 2.33. The number of hydrogen-bond acceptors (Lipinski definition) is 3. The number of aromatic amines is 1. The summed E-state index contributed by atoms with van der Waals surface area (Å²) in [5.41, 5.74) is 8.51. The summed E-state index contributed by atoms with van der Waals surface area (Å²) in [7, 11) is 1.64. The van der Waals surface area contributed by atoms with E-state index in [-0.39, 0.29) is 0 Å². The van der Waals surface area contributed by atoms with E-state index in [2.05, 4.69) is 10.2 Å². The Morgan fingerprint density at radius 1 is 1.64 bits per heavy atom.